The molecule has 0 bridgehead atoms. The summed E-state index contributed by atoms with van der Waals surface area (Å²) in [6, 6.07) is 21.8. The fourth-order valence-electron chi connectivity index (χ4n) is 3.05. The van der Waals surface area contributed by atoms with Crippen LogP contribution in [-0.4, -0.2) is 31.5 Å². The van der Waals surface area contributed by atoms with Crippen LogP contribution in [0.15, 0.2) is 83.8 Å². The number of benzene rings is 3. The number of ether oxygens (including phenoxy) is 1. The number of nitrogens with zero attached hydrogens (tertiary/aromatic N) is 1. The topological polar surface area (TPSA) is 63.7 Å². The molecule has 0 fully saturated rings. The first-order chi connectivity index (χ1) is 15.3. The first kappa shape index (κ1) is 23.4. The third kappa shape index (κ3) is 5.70. The van der Waals surface area contributed by atoms with E-state index in [0.29, 0.717) is 25.4 Å². The van der Waals surface area contributed by atoms with Crippen LogP contribution >= 0.6 is 0 Å². The van der Waals surface area contributed by atoms with Crippen LogP contribution in [0.5, 0.6) is 5.75 Å². The van der Waals surface area contributed by atoms with E-state index in [2.05, 4.69) is 0 Å². The summed E-state index contributed by atoms with van der Waals surface area (Å²) in [5.41, 5.74) is 2.18. The van der Waals surface area contributed by atoms with Crippen LogP contribution in [-0.2, 0) is 23.0 Å². The molecule has 0 aliphatic carbocycles. The maximum Gasteiger partial charge on any atom is 0.341 e. The molecule has 0 aliphatic heterocycles. The molecule has 0 heterocycles. The second-order valence-electron chi connectivity index (χ2n) is 7.07. The molecule has 0 N–H and O–H groups in total. The van der Waals surface area contributed by atoms with Gasteiger partial charge in [0, 0.05) is 18.7 Å². The van der Waals surface area contributed by atoms with Gasteiger partial charge in [-0.2, -0.15) is 8.78 Å². The van der Waals surface area contributed by atoms with Crippen molar-refractivity contribution < 1.29 is 26.7 Å². The van der Waals surface area contributed by atoms with Crippen LogP contribution < -0.4 is 4.74 Å². The third-order valence-electron chi connectivity index (χ3n) is 4.88. The second kappa shape index (κ2) is 10.4. The molecular weight excluding hydrogens is 436 g/mol. The summed E-state index contributed by atoms with van der Waals surface area (Å²) < 4.78 is 54.2. The van der Waals surface area contributed by atoms with Crippen molar-refractivity contribution in [3.8, 4) is 5.75 Å². The van der Waals surface area contributed by atoms with Crippen LogP contribution in [0.4, 0.5) is 8.78 Å². The largest absolute Gasteiger partial charge is 0.489 e. The molecule has 5 nitrogen and oxygen atoms in total. The van der Waals surface area contributed by atoms with Crippen molar-refractivity contribution in [2.75, 3.05) is 6.54 Å². The Bertz CT molecular complexity index is 1130. The zero-order valence-electron chi connectivity index (χ0n) is 17.4. The van der Waals surface area contributed by atoms with Gasteiger partial charge in [0.15, 0.2) is 0 Å². The molecular formula is C24H23F2NO4S. The zero-order valence-corrected chi connectivity index (χ0v) is 18.3. The molecule has 0 aromatic heterocycles. The van der Waals surface area contributed by atoms with E-state index in [1.54, 1.807) is 4.90 Å². The molecule has 3 aromatic rings. The van der Waals surface area contributed by atoms with E-state index in [4.69, 9.17) is 4.74 Å². The van der Waals surface area contributed by atoms with Crippen molar-refractivity contribution in [1.29, 1.82) is 0 Å². The predicted molar refractivity (Wildman–Crippen MR) is 117 cm³/mol. The van der Waals surface area contributed by atoms with Crippen molar-refractivity contribution in [2.24, 2.45) is 0 Å². The first-order valence-electron chi connectivity index (χ1n) is 9.98. The quantitative estimate of drug-likeness (QED) is 0.456. The van der Waals surface area contributed by atoms with Crippen LogP contribution in [0.3, 0.4) is 0 Å². The van der Waals surface area contributed by atoms with Crippen molar-refractivity contribution in [3.05, 3.63) is 95.6 Å². The minimum Gasteiger partial charge on any atom is -0.489 e. The van der Waals surface area contributed by atoms with E-state index < -0.39 is 20.5 Å². The van der Waals surface area contributed by atoms with E-state index in [9.17, 15) is 22.0 Å². The molecule has 1 amide bonds. The summed E-state index contributed by atoms with van der Waals surface area (Å²) in [7, 11) is -4.69. The van der Waals surface area contributed by atoms with Gasteiger partial charge in [-0.05, 0) is 54.4 Å². The van der Waals surface area contributed by atoms with Crippen LogP contribution in [0, 0.1) is 0 Å². The van der Waals surface area contributed by atoms with Gasteiger partial charge in [-0.1, -0.05) is 42.5 Å². The second-order valence-corrected chi connectivity index (χ2v) is 8.99. The molecule has 3 aromatic carbocycles. The maximum absolute atomic E-state index is 12.8. The van der Waals surface area contributed by atoms with Gasteiger partial charge in [-0.3, -0.25) is 4.79 Å². The van der Waals surface area contributed by atoms with Gasteiger partial charge in [0.25, 0.3) is 5.91 Å². The highest BCUT2D eigenvalue weighted by molar-refractivity contribution is 7.91. The van der Waals surface area contributed by atoms with Gasteiger partial charge < -0.3 is 9.64 Å². The van der Waals surface area contributed by atoms with Gasteiger partial charge in [0.2, 0.25) is 9.84 Å². The average molecular weight is 460 g/mol. The Hall–Kier alpha value is -3.26. The summed E-state index contributed by atoms with van der Waals surface area (Å²) in [4.78, 5) is 13.9. The fraction of sp³-hybridized carbons (Fsp3) is 0.208. The van der Waals surface area contributed by atoms with Gasteiger partial charge in [-0.25, -0.2) is 8.42 Å². The number of hydrogen-bond donors (Lipinski definition) is 0. The molecule has 8 heteroatoms. The van der Waals surface area contributed by atoms with Crippen molar-refractivity contribution in [1.82, 2.24) is 4.90 Å². The minimum atomic E-state index is -4.69. The fourth-order valence-corrected chi connectivity index (χ4v) is 3.77. The SMILES string of the molecule is CCN(Cc1ccc(OCc2ccccc2)cc1)C(=O)c1ccc(S(=O)(=O)C(F)F)cc1. The van der Waals surface area contributed by atoms with E-state index in [-0.39, 0.29) is 11.5 Å². The Balaban J connectivity index is 1.63. The molecule has 0 saturated carbocycles. The highest BCUT2D eigenvalue weighted by Crippen LogP contribution is 2.20. The highest BCUT2D eigenvalue weighted by Gasteiger charge is 2.26. The summed E-state index contributed by atoms with van der Waals surface area (Å²) in [6.45, 7) is 3.04. The first-order valence-corrected chi connectivity index (χ1v) is 11.5. The lowest BCUT2D eigenvalue weighted by atomic mass is 10.1. The van der Waals surface area contributed by atoms with E-state index in [1.165, 1.54) is 12.1 Å². The zero-order chi connectivity index (χ0) is 23.1. The molecule has 0 unspecified atom stereocenters. The summed E-state index contributed by atoms with van der Waals surface area (Å²) in [5.74, 6) is -3.11. The van der Waals surface area contributed by atoms with E-state index in [0.717, 1.165) is 23.3 Å². The number of hydrogen-bond acceptors (Lipinski definition) is 4. The lowest BCUT2D eigenvalue weighted by Gasteiger charge is -2.21. The number of rotatable bonds is 9. The molecule has 0 radical (unpaired) electrons. The molecule has 0 saturated heterocycles. The maximum atomic E-state index is 12.8. The lowest BCUT2D eigenvalue weighted by Crippen LogP contribution is -2.30. The summed E-state index contributed by atoms with van der Waals surface area (Å²) >= 11 is 0. The Labute approximate surface area is 186 Å². The Morgan fingerprint density at radius 1 is 0.906 bits per heavy atom. The molecule has 168 valence electrons. The van der Waals surface area contributed by atoms with E-state index in [1.807, 2.05) is 61.5 Å². The number of alkyl halides is 2. The summed E-state index contributed by atoms with van der Waals surface area (Å²) in [5, 5.41) is 0. The molecule has 3 rings (SSSR count). The standard InChI is InChI=1S/C24H23F2NO4S/c1-2-27(23(28)20-10-14-22(15-11-20)32(29,30)24(25)26)16-18-8-12-21(13-9-18)31-17-19-6-4-3-5-7-19/h3-15,24H,2,16-17H2,1H3. The van der Waals surface area contributed by atoms with Crippen LogP contribution in [0.25, 0.3) is 0 Å². The van der Waals surface area contributed by atoms with Gasteiger partial charge in [0.05, 0.1) is 4.90 Å². The summed E-state index contributed by atoms with van der Waals surface area (Å²) in [6.07, 6.45) is 0. The smallest absolute Gasteiger partial charge is 0.341 e. The minimum absolute atomic E-state index is 0.225. The highest BCUT2D eigenvalue weighted by atomic mass is 32.2. The lowest BCUT2D eigenvalue weighted by molar-refractivity contribution is 0.0752. The van der Waals surface area contributed by atoms with Crippen molar-refractivity contribution >= 4 is 15.7 Å². The van der Waals surface area contributed by atoms with Gasteiger partial charge in [-0.15, -0.1) is 0 Å². The third-order valence-corrected chi connectivity index (χ3v) is 6.28. The van der Waals surface area contributed by atoms with Crippen LogP contribution in [0.1, 0.15) is 28.4 Å². The number of carbonyl (C=O) groups is 1. The molecule has 0 atom stereocenters. The Morgan fingerprint density at radius 2 is 1.53 bits per heavy atom. The van der Waals surface area contributed by atoms with Crippen LogP contribution in [0.2, 0.25) is 0 Å². The Morgan fingerprint density at radius 3 is 2.09 bits per heavy atom. The number of carbonyl (C=O) groups excluding carboxylic acids is 1. The monoisotopic (exact) mass is 459 g/mol. The van der Waals surface area contributed by atoms with Crippen molar-refractivity contribution in [3.63, 3.8) is 0 Å². The average Bonchev–Trinajstić information content (AvgIpc) is 2.82. The molecule has 32 heavy (non-hydrogen) atoms. The Kier molecular flexibility index (Phi) is 7.58. The molecule has 0 spiro atoms. The number of amides is 1. The van der Waals surface area contributed by atoms with E-state index >= 15 is 0 Å². The number of halogens is 2. The number of sulfone groups is 1. The van der Waals surface area contributed by atoms with Crippen molar-refractivity contribution in [2.45, 2.75) is 30.7 Å². The van der Waals surface area contributed by atoms with Gasteiger partial charge >= 0.3 is 5.76 Å². The van der Waals surface area contributed by atoms with Gasteiger partial charge in [0.1, 0.15) is 12.4 Å². The normalized spacial score (nSPS) is 11.4. The predicted octanol–water partition coefficient (Wildman–Crippen LogP) is 4.92. The molecule has 0 aliphatic rings.